The Morgan fingerprint density at radius 1 is 1.12 bits per heavy atom. The fourth-order valence-electron chi connectivity index (χ4n) is 4.27. The summed E-state index contributed by atoms with van der Waals surface area (Å²) < 4.78 is 30.4. The molecule has 1 amide bonds. The maximum atomic E-state index is 14.1. The van der Waals surface area contributed by atoms with Crippen LogP contribution in [0, 0.1) is 12.7 Å². The van der Waals surface area contributed by atoms with Crippen LogP contribution in [0.4, 0.5) is 4.39 Å². The van der Waals surface area contributed by atoms with Gasteiger partial charge < -0.3 is 19.2 Å². The van der Waals surface area contributed by atoms with Crippen molar-refractivity contribution >= 4 is 23.1 Å². The van der Waals surface area contributed by atoms with Gasteiger partial charge in [0.05, 0.1) is 19.2 Å². The average molecular weight is 431 g/mol. The zero-order chi connectivity index (χ0) is 22.2. The smallest absolute Gasteiger partial charge is 0.231 e. The third-order valence-electron chi connectivity index (χ3n) is 5.82. The minimum absolute atomic E-state index is 0.147. The number of hydrogen-bond acceptors (Lipinski definition) is 4. The number of halogens is 1. The molecule has 6 heteroatoms. The number of ether oxygens (including phenoxy) is 2. The highest BCUT2D eigenvalue weighted by molar-refractivity contribution is 6.08. The van der Waals surface area contributed by atoms with Crippen LogP contribution < -0.4 is 14.8 Å². The molecule has 5 nitrogen and oxygen atoms in total. The largest absolute Gasteiger partial charge is 0.467 e. The quantitative estimate of drug-likeness (QED) is 0.580. The Bertz CT molecular complexity index is 1270. The lowest BCUT2D eigenvalue weighted by atomic mass is 9.99. The van der Waals surface area contributed by atoms with Gasteiger partial charge in [0.1, 0.15) is 11.6 Å². The van der Waals surface area contributed by atoms with Crippen molar-refractivity contribution in [3.05, 3.63) is 88.1 Å². The number of carbonyl (C=O) groups is 1. The van der Waals surface area contributed by atoms with E-state index in [-0.39, 0.29) is 24.9 Å². The van der Waals surface area contributed by atoms with Gasteiger partial charge in [-0.1, -0.05) is 6.07 Å². The van der Waals surface area contributed by atoms with Gasteiger partial charge >= 0.3 is 0 Å². The lowest BCUT2D eigenvalue weighted by Crippen LogP contribution is -2.22. The maximum Gasteiger partial charge on any atom is 0.231 e. The number of furan rings is 1. The van der Waals surface area contributed by atoms with Gasteiger partial charge in [-0.25, -0.2) is 4.39 Å². The van der Waals surface area contributed by atoms with E-state index in [1.54, 1.807) is 24.5 Å². The average Bonchev–Trinajstić information content (AvgIpc) is 3.50. The van der Waals surface area contributed by atoms with Crippen molar-refractivity contribution in [2.45, 2.75) is 26.8 Å². The Morgan fingerprint density at radius 2 is 2.00 bits per heavy atom. The van der Waals surface area contributed by atoms with E-state index in [1.165, 1.54) is 12.1 Å². The highest BCUT2D eigenvalue weighted by Gasteiger charge is 2.26. The molecule has 2 heterocycles. The van der Waals surface area contributed by atoms with E-state index in [1.807, 2.05) is 26.0 Å². The number of aryl methyl sites for hydroxylation is 1. The first-order valence-corrected chi connectivity index (χ1v) is 10.4. The summed E-state index contributed by atoms with van der Waals surface area (Å²) in [5.41, 5.74) is 6.34. The molecule has 1 N–H and O–H groups in total. The molecular formula is C26H22FNO4. The van der Waals surface area contributed by atoms with Gasteiger partial charge in [-0.05, 0) is 95.3 Å². The standard InChI is InChI=1S/C26H22FNO4/c1-15-8-17(10-24-26(15)32-14-31-24)9-21-16(2)22(23-11-18(27)5-6-20(21)23)12-25(29)28-13-19-4-3-7-30-19/h3-11H,12-14H2,1-2H3,(H,28,29)/b21-9-. The van der Waals surface area contributed by atoms with E-state index in [4.69, 9.17) is 13.9 Å². The second-order valence-corrected chi connectivity index (χ2v) is 7.96. The van der Waals surface area contributed by atoms with Crippen molar-refractivity contribution in [3.8, 4) is 11.5 Å². The van der Waals surface area contributed by atoms with Crippen LogP contribution in [-0.2, 0) is 11.3 Å². The molecule has 2 aromatic carbocycles. The summed E-state index contributed by atoms with van der Waals surface area (Å²) in [6.45, 7) is 4.48. The lowest BCUT2D eigenvalue weighted by Gasteiger charge is -2.07. The molecule has 0 bridgehead atoms. The van der Waals surface area contributed by atoms with Gasteiger partial charge in [-0.15, -0.1) is 0 Å². The zero-order valence-corrected chi connectivity index (χ0v) is 17.8. The van der Waals surface area contributed by atoms with E-state index < -0.39 is 0 Å². The molecule has 3 aromatic rings. The predicted molar refractivity (Wildman–Crippen MR) is 119 cm³/mol. The van der Waals surface area contributed by atoms with Crippen molar-refractivity contribution in [2.24, 2.45) is 0 Å². The second-order valence-electron chi connectivity index (χ2n) is 7.96. The molecule has 0 saturated carbocycles. The van der Waals surface area contributed by atoms with Crippen molar-refractivity contribution < 1.29 is 23.1 Å². The number of fused-ring (bicyclic) bond motifs is 2. The number of hydrogen-bond donors (Lipinski definition) is 1. The van der Waals surface area contributed by atoms with E-state index in [0.717, 1.165) is 44.7 Å². The maximum absolute atomic E-state index is 14.1. The molecule has 0 fully saturated rings. The molecule has 0 radical (unpaired) electrons. The van der Waals surface area contributed by atoms with Crippen LogP contribution in [0.1, 0.15) is 41.4 Å². The Morgan fingerprint density at radius 3 is 2.81 bits per heavy atom. The molecule has 32 heavy (non-hydrogen) atoms. The van der Waals surface area contributed by atoms with E-state index in [9.17, 15) is 9.18 Å². The van der Waals surface area contributed by atoms with Crippen molar-refractivity contribution in [2.75, 3.05) is 6.79 Å². The molecule has 0 unspecified atom stereocenters. The van der Waals surface area contributed by atoms with Crippen LogP contribution in [0.3, 0.4) is 0 Å². The summed E-state index contributed by atoms with van der Waals surface area (Å²) in [6.07, 6.45) is 3.77. The topological polar surface area (TPSA) is 60.7 Å². The summed E-state index contributed by atoms with van der Waals surface area (Å²) in [5, 5.41) is 2.87. The summed E-state index contributed by atoms with van der Waals surface area (Å²) in [7, 11) is 0. The first kappa shape index (κ1) is 20.1. The van der Waals surface area contributed by atoms with E-state index in [2.05, 4.69) is 11.4 Å². The SMILES string of the molecule is CC1=C(CC(=O)NCc2ccco2)c2cc(F)ccc2/C1=C\c1cc(C)c2c(c1)OCO2. The minimum Gasteiger partial charge on any atom is -0.467 e. The van der Waals surface area contributed by atoms with Crippen molar-refractivity contribution in [1.29, 1.82) is 0 Å². The number of amides is 1. The zero-order valence-electron chi connectivity index (χ0n) is 17.8. The van der Waals surface area contributed by atoms with E-state index >= 15 is 0 Å². The summed E-state index contributed by atoms with van der Waals surface area (Å²) >= 11 is 0. The molecule has 5 rings (SSSR count). The predicted octanol–water partition coefficient (Wildman–Crippen LogP) is 5.49. The van der Waals surface area contributed by atoms with Crippen molar-refractivity contribution in [3.63, 3.8) is 0 Å². The van der Waals surface area contributed by atoms with Crippen LogP contribution in [0.15, 0.2) is 58.7 Å². The first-order chi connectivity index (χ1) is 15.5. The fourth-order valence-corrected chi connectivity index (χ4v) is 4.27. The molecular weight excluding hydrogens is 409 g/mol. The Hall–Kier alpha value is -3.80. The van der Waals surface area contributed by atoms with Crippen LogP contribution in [-0.4, -0.2) is 12.7 Å². The molecule has 1 aromatic heterocycles. The molecule has 0 saturated heterocycles. The molecule has 2 aliphatic rings. The Balaban J connectivity index is 1.48. The van der Waals surface area contributed by atoms with Gasteiger partial charge in [-0.2, -0.15) is 0 Å². The highest BCUT2D eigenvalue weighted by atomic mass is 19.1. The van der Waals surface area contributed by atoms with Crippen molar-refractivity contribution in [1.82, 2.24) is 5.32 Å². The summed E-state index contributed by atoms with van der Waals surface area (Å²) in [5.74, 6) is 1.69. The third kappa shape index (κ3) is 3.68. The normalized spacial score (nSPS) is 15.4. The van der Waals surface area contributed by atoms with Gasteiger partial charge in [-0.3, -0.25) is 4.79 Å². The third-order valence-corrected chi connectivity index (χ3v) is 5.82. The molecule has 1 aliphatic heterocycles. The number of nitrogens with one attached hydrogen (secondary N) is 1. The number of carbonyl (C=O) groups excluding carboxylic acids is 1. The van der Waals surface area contributed by atoms with Gasteiger partial charge in [0.2, 0.25) is 12.7 Å². The summed E-state index contributed by atoms with van der Waals surface area (Å²) in [4.78, 5) is 12.6. The van der Waals surface area contributed by atoms with Gasteiger partial charge in [0.25, 0.3) is 0 Å². The van der Waals surface area contributed by atoms with Gasteiger partial charge in [0, 0.05) is 0 Å². The fraction of sp³-hybridized carbons (Fsp3) is 0.192. The number of benzene rings is 2. The molecule has 0 atom stereocenters. The molecule has 162 valence electrons. The van der Waals surface area contributed by atoms with Crippen LogP contribution in [0.25, 0.3) is 17.2 Å². The second kappa shape index (κ2) is 8.04. The number of allylic oxidation sites excluding steroid dienone is 2. The highest BCUT2D eigenvalue weighted by Crippen LogP contribution is 2.45. The summed E-state index contributed by atoms with van der Waals surface area (Å²) in [6, 6.07) is 12.3. The molecule has 0 spiro atoms. The first-order valence-electron chi connectivity index (χ1n) is 10.4. The van der Waals surface area contributed by atoms with Crippen LogP contribution >= 0.6 is 0 Å². The number of rotatable bonds is 5. The Kier molecular flexibility index (Phi) is 5.05. The lowest BCUT2D eigenvalue weighted by molar-refractivity contribution is -0.120. The van der Waals surface area contributed by atoms with Crippen LogP contribution in [0.5, 0.6) is 11.5 Å². The minimum atomic E-state index is -0.329. The van der Waals surface area contributed by atoms with E-state index in [0.29, 0.717) is 18.1 Å². The Labute approximate surface area is 185 Å². The van der Waals surface area contributed by atoms with Crippen LogP contribution in [0.2, 0.25) is 0 Å². The monoisotopic (exact) mass is 431 g/mol. The molecule has 1 aliphatic carbocycles. The van der Waals surface area contributed by atoms with Gasteiger partial charge in [0.15, 0.2) is 11.5 Å².